The Labute approximate surface area is 131 Å². The zero-order valence-corrected chi connectivity index (χ0v) is 13.0. The first-order valence-corrected chi connectivity index (χ1v) is 7.49. The van der Waals surface area contributed by atoms with E-state index in [9.17, 15) is 0 Å². The lowest BCUT2D eigenvalue weighted by Gasteiger charge is -1.96. The van der Waals surface area contributed by atoms with Crippen molar-refractivity contribution in [1.29, 1.82) is 0 Å². The van der Waals surface area contributed by atoms with Crippen molar-refractivity contribution in [1.82, 2.24) is 4.98 Å². The summed E-state index contributed by atoms with van der Waals surface area (Å²) in [5.74, 6) is 0. The van der Waals surface area contributed by atoms with Crippen LogP contribution in [0, 0.1) is 13.8 Å². The fourth-order valence-corrected chi connectivity index (χ4v) is 2.49. The van der Waals surface area contributed by atoms with E-state index in [1.54, 1.807) is 0 Å². The molecule has 0 atom stereocenters. The second-order valence-electron chi connectivity index (χ2n) is 5.56. The maximum Gasteiger partial charge on any atom is 0.0702 e. The standard InChI is InChI=1S/C11H10.C10H9N/c1-9-6-7-10-4-2-3-5-11(10)8-9;1-8-6-9-4-2-3-5-10(9)11-7-8/h2-8H,1H3;2-7H,1H3. The average molecular weight is 285 g/mol. The summed E-state index contributed by atoms with van der Waals surface area (Å²) in [5, 5.41) is 3.86. The molecule has 4 aromatic rings. The maximum atomic E-state index is 4.28. The smallest absolute Gasteiger partial charge is 0.0702 e. The highest BCUT2D eigenvalue weighted by atomic mass is 14.6. The predicted octanol–water partition coefficient (Wildman–Crippen LogP) is 5.69. The van der Waals surface area contributed by atoms with Crippen LogP contribution >= 0.6 is 0 Å². The van der Waals surface area contributed by atoms with E-state index in [0.29, 0.717) is 0 Å². The molecule has 3 aromatic carbocycles. The van der Waals surface area contributed by atoms with E-state index in [2.05, 4.69) is 73.4 Å². The second kappa shape index (κ2) is 6.40. The van der Waals surface area contributed by atoms with Gasteiger partial charge in [-0.25, -0.2) is 0 Å². The van der Waals surface area contributed by atoms with Crippen LogP contribution in [0.3, 0.4) is 0 Å². The van der Waals surface area contributed by atoms with Crippen molar-refractivity contribution in [2.75, 3.05) is 0 Å². The van der Waals surface area contributed by atoms with Crippen molar-refractivity contribution in [2.24, 2.45) is 0 Å². The van der Waals surface area contributed by atoms with Crippen molar-refractivity contribution < 1.29 is 0 Å². The van der Waals surface area contributed by atoms with Crippen molar-refractivity contribution >= 4 is 21.7 Å². The topological polar surface area (TPSA) is 12.9 Å². The Morgan fingerprint density at radius 2 is 1.23 bits per heavy atom. The number of hydrogen-bond acceptors (Lipinski definition) is 1. The van der Waals surface area contributed by atoms with Crippen LogP contribution in [0.1, 0.15) is 11.1 Å². The third-order valence-corrected chi connectivity index (χ3v) is 3.63. The summed E-state index contributed by atoms with van der Waals surface area (Å²) in [4.78, 5) is 4.28. The Hall–Kier alpha value is -2.67. The normalized spacial score (nSPS) is 10.3. The minimum absolute atomic E-state index is 1.07. The van der Waals surface area contributed by atoms with Gasteiger partial charge < -0.3 is 0 Å². The number of rotatable bonds is 0. The molecule has 1 heteroatoms. The lowest BCUT2D eigenvalue weighted by Crippen LogP contribution is -1.78. The number of para-hydroxylation sites is 1. The first kappa shape index (κ1) is 14.3. The monoisotopic (exact) mass is 285 g/mol. The Morgan fingerprint density at radius 3 is 2.05 bits per heavy atom. The quantitative estimate of drug-likeness (QED) is 0.404. The minimum Gasteiger partial charge on any atom is -0.256 e. The van der Waals surface area contributed by atoms with Crippen LogP contribution in [-0.4, -0.2) is 4.98 Å². The van der Waals surface area contributed by atoms with Crippen LogP contribution in [0.15, 0.2) is 79.0 Å². The molecule has 0 amide bonds. The molecule has 1 nitrogen and oxygen atoms in total. The van der Waals surface area contributed by atoms with E-state index in [1.165, 1.54) is 27.3 Å². The highest BCUT2D eigenvalue weighted by molar-refractivity contribution is 5.82. The predicted molar refractivity (Wildman–Crippen MR) is 95.2 cm³/mol. The van der Waals surface area contributed by atoms with Crippen LogP contribution in [0.25, 0.3) is 21.7 Å². The van der Waals surface area contributed by atoms with Gasteiger partial charge in [0.25, 0.3) is 0 Å². The Balaban J connectivity index is 0.000000131. The zero-order valence-electron chi connectivity index (χ0n) is 13.0. The van der Waals surface area contributed by atoms with Gasteiger partial charge in [0.15, 0.2) is 0 Å². The molecule has 0 saturated heterocycles. The maximum absolute atomic E-state index is 4.28. The summed E-state index contributed by atoms with van der Waals surface area (Å²) in [6.45, 7) is 4.17. The fraction of sp³-hybridized carbons (Fsp3) is 0.0952. The van der Waals surface area contributed by atoms with Gasteiger partial charge in [0.05, 0.1) is 5.52 Å². The molecule has 4 rings (SSSR count). The number of hydrogen-bond donors (Lipinski definition) is 0. The number of aromatic nitrogens is 1. The molecule has 0 fully saturated rings. The number of aryl methyl sites for hydroxylation is 2. The molecular formula is C21H19N. The van der Waals surface area contributed by atoms with Gasteiger partial charge in [0.2, 0.25) is 0 Å². The van der Waals surface area contributed by atoms with Gasteiger partial charge in [-0.15, -0.1) is 0 Å². The lowest BCUT2D eigenvalue weighted by molar-refractivity contribution is 1.33. The number of pyridine rings is 1. The molecule has 0 aliphatic rings. The van der Waals surface area contributed by atoms with Gasteiger partial charge in [0.1, 0.15) is 0 Å². The SMILES string of the molecule is Cc1ccc2ccccc2c1.Cc1cnc2ccccc2c1. The van der Waals surface area contributed by atoms with E-state index in [0.717, 1.165) is 5.52 Å². The molecule has 0 saturated carbocycles. The van der Waals surface area contributed by atoms with E-state index in [1.807, 2.05) is 24.4 Å². The number of benzene rings is 3. The summed E-state index contributed by atoms with van der Waals surface area (Å²) in [6, 6.07) is 25.2. The molecule has 0 aliphatic carbocycles. The van der Waals surface area contributed by atoms with Crippen molar-refractivity contribution in [3.63, 3.8) is 0 Å². The lowest BCUT2D eigenvalue weighted by atomic mass is 10.1. The Bertz CT molecular complexity index is 832. The van der Waals surface area contributed by atoms with Crippen LogP contribution in [0.2, 0.25) is 0 Å². The first-order chi connectivity index (χ1) is 10.7. The molecule has 0 radical (unpaired) electrons. The van der Waals surface area contributed by atoms with Crippen LogP contribution in [-0.2, 0) is 0 Å². The van der Waals surface area contributed by atoms with Gasteiger partial charge >= 0.3 is 0 Å². The molecule has 108 valence electrons. The third kappa shape index (κ3) is 3.32. The zero-order chi connectivity index (χ0) is 15.4. The molecule has 22 heavy (non-hydrogen) atoms. The summed E-state index contributed by atoms with van der Waals surface area (Å²) in [7, 11) is 0. The number of nitrogens with zero attached hydrogens (tertiary/aromatic N) is 1. The first-order valence-electron chi connectivity index (χ1n) is 7.49. The van der Waals surface area contributed by atoms with Crippen LogP contribution < -0.4 is 0 Å². The highest BCUT2D eigenvalue weighted by Crippen LogP contribution is 2.14. The second-order valence-corrected chi connectivity index (χ2v) is 5.56. The molecule has 0 unspecified atom stereocenters. The molecule has 1 heterocycles. The van der Waals surface area contributed by atoms with Crippen molar-refractivity contribution in [3.05, 3.63) is 90.1 Å². The molecule has 0 N–H and O–H groups in total. The molecule has 0 aliphatic heterocycles. The third-order valence-electron chi connectivity index (χ3n) is 3.63. The summed E-state index contributed by atoms with van der Waals surface area (Å²) in [5.41, 5.74) is 3.60. The fourth-order valence-electron chi connectivity index (χ4n) is 2.49. The summed E-state index contributed by atoms with van der Waals surface area (Å²) < 4.78 is 0. The Morgan fingerprint density at radius 1 is 0.591 bits per heavy atom. The van der Waals surface area contributed by atoms with Gasteiger partial charge in [0, 0.05) is 11.6 Å². The highest BCUT2D eigenvalue weighted by Gasteiger charge is 1.91. The van der Waals surface area contributed by atoms with Crippen LogP contribution in [0.4, 0.5) is 0 Å². The van der Waals surface area contributed by atoms with Crippen molar-refractivity contribution in [2.45, 2.75) is 13.8 Å². The van der Waals surface area contributed by atoms with Crippen molar-refractivity contribution in [3.8, 4) is 0 Å². The minimum atomic E-state index is 1.07. The molecular weight excluding hydrogens is 266 g/mol. The van der Waals surface area contributed by atoms with E-state index >= 15 is 0 Å². The van der Waals surface area contributed by atoms with Gasteiger partial charge in [-0.2, -0.15) is 0 Å². The van der Waals surface area contributed by atoms with Gasteiger partial charge in [-0.1, -0.05) is 66.2 Å². The van der Waals surface area contributed by atoms with Gasteiger partial charge in [-0.3, -0.25) is 4.98 Å². The van der Waals surface area contributed by atoms with E-state index in [-0.39, 0.29) is 0 Å². The summed E-state index contributed by atoms with van der Waals surface area (Å²) >= 11 is 0. The molecule has 0 spiro atoms. The Kier molecular flexibility index (Phi) is 4.15. The summed E-state index contributed by atoms with van der Waals surface area (Å²) in [6.07, 6.45) is 1.89. The molecule has 0 bridgehead atoms. The van der Waals surface area contributed by atoms with Gasteiger partial charge in [-0.05, 0) is 42.3 Å². The average Bonchev–Trinajstić information content (AvgIpc) is 2.55. The number of fused-ring (bicyclic) bond motifs is 2. The molecule has 1 aromatic heterocycles. The van der Waals surface area contributed by atoms with Crippen LogP contribution in [0.5, 0.6) is 0 Å². The van der Waals surface area contributed by atoms with E-state index < -0.39 is 0 Å². The largest absolute Gasteiger partial charge is 0.256 e. The van der Waals surface area contributed by atoms with E-state index in [4.69, 9.17) is 0 Å².